The molecule has 0 aromatic heterocycles. The summed E-state index contributed by atoms with van der Waals surface area (Å²) in [5.41, 5.74) is 2.28. The zero-order valence-electron chi connectivity index (χ0n) is 13.2. The lowest BCUT2D eigenvalue weighted by atomic mass is 10.1. The molecule has 0 unspecified atom stereocenters. The fourth-order valence-electron chi connectivity index (χ4n) is 2.42. The van der Waals surface area contributed by atoms with Crippen LogP contribution in [0.25, 0.3) is 0 Å². The van der Waals surface area contributed by atoms with Crippen LogP contribution in [0.3, 0.4) is 0 Å². The lowest BCUT2D eigenvalue weighted by Crippen LogP contribution is -2.33. The van der Waals surface area contributed by atoms with Gasteiger partial charge in [-0.2, -0.15) is 0 Å². The first kappa shape index (κ1) is 16.7. The Morgan fingerprint density at radius 2 is 1.61 bits per heavy atom. The fraction of sp³-hybridized carbons (Fsp3) is 0.263. The topological polar surface area (TPSA) is 57.6 Å². The summed E-state index contributed by atoms with van der Waals surface area (Å²) in [5.74, 6) is -0.896. The van der Waals surface area contributed by atoms with E-state index in [2.05, 4.69) is 12.1 Å². The second kappa shape index (κ2) is 8.13. The maximum absolute atomic E-state index is 12.4. The number of hydrogen-bond donors (Lipinski definition) is 1. The summed E-state index contributed by atoms with van der Waals surface area (Å²) in [6.45, 7) is 3.32. The van der Waals surface area contributed by atoms with Crippen molar-refractivity contribution in [1.82, 2.24) is 4.90 Å². The third kappa shape index (κ3) is 4.95. The number of likely N-dealkylation sites (N-methyl/N-ethyl adjacent to an activating group) is 1. The average molecular weight is 311 g/mol. The molecule has 1 amide bonds. The van der Waals surface area contributed by atoms with E-state index >= 15 is 0 Å². The molecular weight excluding hydrogens is 290 g/mol. The molecule has 0 saturated carbocycles. The van der Waals surface area contributed by atoms with Crippen LogP contribution in [0.1, 0.15) is 28.4 Å². The Kier molecular flexibility index (Phi) is 5.92. The summed E-state index contributed by atoms with van der Waals surface area (Å²) >= 11 is 0. The molecule has 2 aromatic carbocycles. The molecule has 2 rings (SSSR count). The second-order valence-corrected chi connectivity index (χ2v) is 5.39. The molecule has 0 spiro atoms. The van der Waals surface area contributed by atoms with Crippen molar-refractivity contribution < 1.29 is 14.7 Å². The average Bonchev–Trinajstić information content (AvgIpc) is 2.57. The van der Waals surface area contributed by atoms with Crippen molar-refractivity contribution in [2.45, 2.75) is 19.8 Å². The molecule has 120 valence electrons. The monoisotopic (exact) mass is 311 g/mol. The highest BCUT2D eigenvalue weighted by molar-refractivity contribution is 5.87. The molecule has 23 heavy (non-hydrogen) atoms. The molecule has 4 nitrogen and oxygen atoms in total. The molecule has 0 bridgehead atoms. The maximum atomic E-state index is 12.4. The van der Waals surface area contributed by atoms with Gasteiger partial charge in [-0.15, -0.1) is 0 Å². The van der Waals surface area contributed by atoms with E-state index in [0.717, 1.165) is 12.0 Å². The number of nitrogens with zero attached hydrogens (tertiary/aromatic N) is 1. The molecule has 4 heteroatoms. The zero-order valence-corrected chi connectivity index (χ0v) is 13.2. The molecule has 0 atom stereocenters. The van der Waals surface area contributed by atoms with Crippen LogP contribution < -0.4 is 0 Å². The zero-order chi connectivity index (χ0) is 16.7. The highest BCUT2D eigenvalue weighted by Gasteiger charge is 2.12. The summed E-state index contributed by atoms with van der Waals surface area (Å²) in [6.07, 6.45) is 1.13. The molecule has 0 fully saturated rings. The number of aromatic carboxylic acids is 1. The first-order valence-corrected chi connectivity index (χ1v) is 7.74. The molecule has 0 radical (unpaired) electrons. The summed E-state index contributed by atoms with van der Waals surface area (Å²) in [6, 6.07) is 16.6. The Balaban J connectivity index is 1.92. The number of carboxylic acid groups (broad SMARTS) is 1. The van der Waals surface area contributed by atoms with Crippen LogP contribution in [-0.2, 0) is 17.6 Å². The van der Waals surface area contributed by atoms with E-state index < -0.39 is 5.97 Å². The van der Waals surface area contributed by atoms with Gasteiger partial charge in [-0.1, -0.05) is 42.5 Å². The minimum absolute atomic E-state index is 0.0616. The van der Waals surface area contributed by atoms with Crippen molar-refractivity contribution in [3.05, 3.63) is 71.3 Å². The van der Waals surface area contributed by atoms with Crippen molar-refractivity contribution in [3.63, 3.8) is 0 Å². The van der Waals surface area contributed by atoms with Crippen LogP contribution in [0.2, 0.25) is 0 Å². The van der Waals surface area contributed by atoms with Gasteiger partial charge in [0, 0.05) is 13.1 Å². The predicted molar refractivity (Wildman–Crippen MR) is 89.5 cm³/mol. The summed E-state index contributed by atoms with van der Waals surface area (Å²) < 4.78 is 0. The first-order chi connectivity index (χ1) is 11.1. The van der Waals surface area contributed by atoms with Crippen LogP contribution in [0.5, 0.6) is 0 Å². The first-order valence-electron chi connectivity index (χ1n) is 7.74. The van der Waals surface area contributed by atoms with E-state index in [4.69, 9.17) is 5.11 Å². The number of amides is 1. The fourth-order valence-corrected chi connectivity index (χ4v) is 2.42. The lowest BCUT2D eigenvalue weighted by molar-refractivity contribution is -0.130. The highest BCUT2D eigenvalue weighted by Crippen LogP contribution is 2.08. The quantitative estimate of drug-likeness (QED) is 0.855. The smallest absolute Gasteiger partial charge is 0.335 e. The Morgan fingerprint density at radius 1 is 0.957 bits per heavy atom. The van der Waals surface area contributed by atoms with Crippen molar-refractivity contribution in [2.24, 2.45) is 0 Å². The van der Waals surface area contributed by atoms with E-state index in [0.29, 0.717) is 19.5 Å². The van der Waals surface area contributed by atoms with Gasteiger partial charge in [0.2, 0.25) is 5.91 Å². The van der Waals surface area contributed by atoms with E-state index in [1.807, 2.05) is 30.0 Å². The molecule has 0 saturated heterocycles. The van der Waals surface area contributed by atoms with Crippen molar-refractivity contribution in [1.29, 1.82) is 0 Å². The number of carbonyl (C=O) groups is 2. The number of carbonyl (C=O) groups excluding carboxylic acids is 1. The minimum atomic E-state index is -0.957. The summed E-state index contributed by atoms with van der Waals surface area (Å²) in [4.78, 5) is 25.1. The molecule has 0 aliphatic carbocycles. The molecular formula is C19H21NO3. The Hall–Kier alpha value is -2.62. The molecule has 1 N–H and O–H groups in total. The van der Waals surface area contributed by atoms with Gasteiger partial charge in [-0.3, -0.25) is 4.79 Å². The number of hydrogen-bond acceptors (Lipinski definition) is 2. The van der Waals surface area contributed by atoms with Crippen molar-refractivity contribution >= 4 is 11.9 Å². The summed E-state index contributed by atoms with van der Waals surface area (Å²) in [7, 11) is 0. The van der Waals surface area contributed by atoms with Crippen LogP contribution in [0.4, 0.5) is 0 Å². The minimum Gasteiger partial charge on any atom is -0.478 e. The van der Waals surface area contributed by atoms with E-state index in [1.165, 1.54) is 17.7 Å². The van der Waals surface area contributed by atoms with Gasteiger partial charge in [0.25, 0.3) is 0 Å². The molecule has 0 aliphatic rings. The SMILES string of the molecule is CCN(CCc1ccccc1)C(=O)Cc1ccc(C(=O)O)cc1. The van der Waals surface area contributed by atoms with Gasteiger partial charge >= 0.3 is 5.97 Å². The maximum Gasteiger partial charge on any atom is 0.335 e. The number of carboxylic acids is 1. The number of benzene rings is 2. The predicted octanol–water partition coefficient (Wildman–Crippen LogP) is 3.02. The van der Waals surface area contributed by atoms with Gasteiger partial charge in [-0.05, 0) is 36.6 Å². The second-order valence-electron chi connectivity index (χ2n) is 5.39. The van der Waals surface area contributed by atoms with Crippen LogP contribution in [0, 0.1) is 0 Å². The molecule has 2 aromatic rings. The third-order valence-electron chi connectivity index (χ3n) is 3.80. The van der Waals surface area contributed by atoms with Gasteiger partial charge in [0.1, 0.15) is 0 Å². The van der Waals surface area contributed by atoms with Crippen molar-refractivity contribution in [3.8, 4) is 0 Å². The van der Waals surface area contributed by atoms with E-state index in [9.17, 15) is 9.59 Å². The Morgan fingerprint density at radius 3 is 2.17 bits per heavy atom. The van der Waals surface area contributed by atoms with Crippen molar-refractivity contribution in [2.75, 3.05) is 13.1 Å². The van der Waals surface area contributed by atoms with Crippen LogP contribution in [0.15, 0.2) is 54.6 Å². The van der Waals surface area contributed by atoms with Gasteiger partial charge in [0.15, 0.2) is 0 Å². The van der Waals surface area contributed by atoms with E-state index in [1.54, 1.807) is 12.1 Å². The normalized spacial score (nSPS) is 10.3. The number of rotatable bonds is 7. The third-order valence-corrected chi connectivity index (χ3v) is 3.80. The van der Waals surface area contributed by atoms with Crippen LogP contribution >= 0.6 is 0 Å². The lowest BCUT2D eigenvalue weighted by Gasteiger charge is -2.21. The Labute approximate surface area is 136 Å². The standard InChI is InChI=1S/C19H21NO3/c1-2-20(13-12-15-6-4-3-5-7-15)18(21)14-16-8-10-17(11-9-16)19(22)23/h3-11H,2,12-14H2,1H3,(H,22,23). The van der Waals surface area contributed by atoms with Gasteiger partial charge in [-0.25, -0.2) is 4.79 Å². The molecule has 0 aliphatic heterocycles. The van der Waals surface area contributed by atoms with E-state index in [-0.39, 0.29) is 11.5 Å². The van der Waals surface area contributed by atoms with Crippen LogP contribution in [-0.4, -0.2) is 35.0 Å². The van der Waals surface area contributed by atoms with Gasteiger partial charge in [0.05, 0.1) is 12.0 Å². The largest absolute Gasteiger partial charge is 0.478 e. The Bertz CT molecular complexity index is 650. The highest BCUT2D eigenvalue weighted by atomic mass is 16.4. The molecule has 0 heterocycles. The van der Waals surface area contributed by atoms with Gasteiger partial charge < -0.3 is 10.0 Å². The summed E-state index contributed by atoms with van der Waals surface area (Å²) in [5, 5.41) is 8.89.